The molecule has 0 heterocycles. The normalized spacial score (nSPS) is 12.4. The van der Waals surface area contributed by atoms with E-state index in [9.17, 15) is 14.4 Å². The maximum Gasteiger partial charge on any atom is 0.306 e. The van der Waals surface area contributed by atoms with Crippen LogP contribution in [-0.4, -0.2) is 37.2 Å². The first-order chi connectivity index (χ1) is 41.0. The Morgan fingerprint density at radius 2 is 0.470 bits per heavy atom. The molecule has 0 radical (unpaired) electrons. The Labute approximate surface area is 517 Å². The van der Waals surface area contributed by atoms with Crippen molar-refractivity contribution >= 4 is 17.9 Å². The zero-order valence-electron chi connectivity index (χ0n) is 55.7. The number of allylic oxidation sites excluding steroid dienone is 10. The summed E-state index contributed by atoms with van der Waals surface area (Å²) >= 11 is 0. The van der Waals surface area contributed by atoms with E-state index in [2.05, 4.69) is 81.5 Å². The van der Waals surface area contributed by atoms with E-state index < -0.39 is 6.10 Å². The molecule has 0 saturated heterocycles. The van der Waals surface area contributed by atoms with Crippen LogP contribution in [0.15, 0.2) is 60.8 Å². The second kappa shape index (κ2) is 71.6. The Morgan fingerprint density at radius 3 is 0.747 bits per heavy atom. The molecule has 0 aliphatic heterocycles. The van der Waals surface area contributed by atoms with Gasteiger partial charge in [0.15, 0.2) is 6.10 Å². The van der Waals surface area contributed by atoms with Crippen molar-refractivity contribution in [1.82, 2.24) is 0 Å². The molecule has 1 unspecified atom stereocenters. The first-order valence-corrected chi connectivity index (χ1v) is 36.8. The lowest BCUT2D eigenvalue weighted by atomic mass is 10.0. The topological polar surface area (TPSA) is 78.9 Å². The summed E-state index contributed by atoms with van der Waals surface area (Å²) in [5.74, 6) is -0.883. The van der Waals surface area contributed by atoms with Crippen LogP contribution in [0.25, 0.3) is 0 Å². The first kappa shape index (κ1) is 80.1. The van der Waals surface area contributed by atoms with Gasteiger partial charge in [-0.3, -0.25) is 14.4 Å². The number of ether oxygens (including phenoxy) is 3. The summed E-state index contributed by atoms with van der Waals surface area (Å²) in [5, 5.41) is 0. The van der Waals surface area contributed by atoms with Crippen molar-refractivity contribution < 1.29 is 28.6 Å². The van der Waals surface area contributed by atoms with Gasteiger partial charge >= 0.3 is 17.9 Å². The molecule has 0 spiro atoms. The largest absolute Gasteiger partial charge is 0.462 e. The number of carbonyl (C=O) groups excluding carboxylic acids is 3. The molecule has 0 aliphatic carbocycles. The lowest BCUT2D eigenvalue weighted by Crippen LogP contribution is -2.30. The van der Waals surface area contributed by atoms with E-state index in [-0.39, 0.29) is 31.1 Å². The maximum atomic E-state index is 13.0. The van der Waals surface area contributed by atoms with Crippen LogP contribution in [-0.2, 0) is 28.6 Å². The number of esters is 3. The molecule has 0 fully saturated rings. The molecule has 83 heavy (non-hydrogen) atoms. The predicted molar refractivity (Wildman–Crippen MR) is 362 cm³/mol. The smallest absolute Gasteiger partial charge is 0.306 e. The van der Waals surface area contributed by atoms with Crippen molar-refractivity contribution in [2.75, 3.05) is 13.2 Å². The van der Waals surface area contributed by atoms with E-state index in [4.69, 9.17) is 14.2 Å². The number of hydrogen-bond acceptors (Lipinski definition) is 6. The second-order valence-electron chi connectivity index (χ2n) is 24.8. The highest BCUT2D eigenvalue weighted by Crippen LogP contribution is 2.19. The molecule has 1 atom stereocenters. The van der Waals surface area contributed by atoms with Gasteiger partial charge in [-0.2, -0.15) is 0 Å². The Hall–Kier alpha value is -2.89. The Bertz CT molecular complexity index is 1470. The molecule has 0 bridgehead atoms. The molecule has 6 nitrogen and oxygen atoms in total. The van der Waals surface area contributed by atoms with E-state index in [1.54, 1.807) is 0 Å². The van der Waals surface area contributed by atoms with Crippen LogP contribution in [0.3, 0.4) is 0 Å². The summed E-state index contributed by atoms with van der Waals surface area (Å²) in [4.78, 5) is 38.4. The van der Waals surface area contributed by atoms with Crippen molar-refractivity contribution in [1.29, 1.82) is 0 Å². The minimum Gasteiger partial charge on any atom is -0.462 e. The third-order valence-corrected chi connectivity index (χ3v) is 16.5. The lowest BCUT2D eigenvalue weighted by molar-refractivity contribution is -0.167. The number of rotatable bonds is 68. The first-order valence-electron chi connectivity index (χ1n) is 36.8. The number of hydrogen-bond donors (Lipinski definition) is 0. The van der Waals surface area contributed by atoms with Crippen LogP contribution in [0.1, 0.15) is 393 Å². The van der Waals surface area contributed by atoms with Crippen molar-refractivity contribution in [3.63, 3.8) is 0 Å². The van der Waals surface area contributed by atoms with Crippen LogP contribution in [0.2, 0.25) is 0 Å². The number of carbonyl (C=O) groups is 3. The van der Waals surface area contributed by atoms with Gasteiger partial charge in [-0.1, -0.05) is 351 Å². The standard InChI is InChI=1S/C77H140O6/c1-4-7-10-13-16-19-22-25-27-29-31-33-35-36-37-38-39-40-42-43-45-47-49-52-55-58-61-64-67-70-76(79)82-73-74(72-81-75(78)69-66-63-60-57-54-51-24-21-18-15-12-9-6-3)83-77(80)71-68-65-62-59-56-53-50-48-46-44-41-34-32-30-28-26-23-20-17-14-11-8-5-2/h9,12,18,21-22,25,29,31,51,54,74H,4-8,10-11,13-17,19-20,23-24,26-28,30,32-50,52-53,55-73H2,1-3H3/b12-9-,21-18-,25-22-,31-29-,54-51-. The summed E-state index contributed by atoms with van der Waals surface area (Å²) in [6.07, 6.45) is 92.7. The Balaban J connectivity index is 4.20. The average Bonchev–Trinajstić information content (AvgIpc) is 3.49. The predicted octanol–water partition coefficient (Wildman–Crippen LogP) is 25.5. The highest BCUT2D eigenvalue weighted by atomic mass is 16.6. The SMILES string of the molecule is CC/C=C\C/C=C\C/C=C\CCCCCC(=O)OCC(COC(=O)CCCCCCCCCCCCCCCCCCC/C=C\C/C=C\CCCCCCC)OC(=O)CCCCCCCCCCCCCCCCCCCCCCCCC. The molecule has 0 N–H and O–H groups in total. The zero-order valence-corrected chi connectivity index (χ0v) is 55.7. The number of unbranched alkanes of at least 4 members (excludes halogenated alkanes) is 47. The summed E-state index contributed by atoms with van der Waals surface area (Å²) < 4.78 is 17.0. The molecule has 0 aromatic rings. The van der Waals surface area contributed by atoms with Gasteiger partial charge in [-0.05, 0) is 83.5 Å². The van der Waals surface area contributed by atoms with Gasteiger partial charge in [0.1, 0.15) is 13.2 Å². The monoisotopic (exact) mass is 1160 g/mol. The van der Waals surface area contributed by atoms with Gasteiger partial charge < -0.3 is 14.2 Å². The van der Waals surface area contributed by atoms with Crippen molar-refractivity contribution in [3.05, 3.63) is 60.8 Å². The van der Waals surface area contributed by atoms with E-state index >= 15 is 0 Å². The summed E-state index contributed by atoms with van der Waals surface area (Å²) in [7, 11) is 0. The quantitative estimate of drug-likeness (QED) is 0.0261. The Morgan fingerprint density at radius 1 is 0.253 bits per heavy atom. The molecule has 0 aliphatic rings. The highest BCUT2D eigenvalue weighted by Gasteiger charge is 2.19. The van der Waals surface area contributed by atoms with Gasteiger partial charge in [0, 0.05) is 19.3 Å². The molecule has 0 aromatic carbocycles. The van der Waals surface area contributed by atoms with Crippen molar-refractivity contribution in [2.45, 2.75) is 399 Å². The molecule has 0 rings (SSSR count). The van der Waals surface area contributed by atoms with Gasteiger partial charge in [0.25, 0.3) is 0 Å². The summed E-state index contributed by atoms with van der Waals surface area (Å²) in [5.41, 5.74) is 0. The fraction of sp³-hybridized carbons (Fsp3) is 0.831. The molecule has 6 heteroatoms. The van der Waals surface area contributed by atoms with E-state index in [1.807, 2.05) is 0 Å². The molecule has 0 amide bonds. The average molecular weight is 1160 g/mol. The molecular formula is C77H140O6. The van der Waals surface area contributed by atoms with E-state index in [0.717, 1.165) is 89.9 Å². The summed E-state index contributed by atoms with van der Waals surface area (Å²) in [6, 6.07) is 0. The highest BCUT2D eigenvalue weighted by molar-refractivity contribution is 5.71. The van der Waals surface area contributed by atoms with Gasteiger partial charge in [0.2, 0.25) is 0 Å². The fourth-order valence-electron chi connectivity index (χ4n) is 11.0. The van der Waals surface area contributed by atoms with Crippen molar-refractivity contribution in [2.24, 2.45) is 0 Å². The molecule has 0 saturated carbocycles. The van der Waals surface area contributed by atoms with E-state index in [1.165, 1.54) is 263 Å². The lowest BCUT2D eigenvalue weighted by Gasteiger charge is -2.18. The minimum absolute atomic E-state index is 0.0789. The zero-order chi connectivity index (χ0) is 59.9. The van der Waals surface area contributed by atoms with Gasteiger partial charge in [0.05, 0.1) is 0 Å². The van der Waals surface area contributed by atoms with Crippen molar-refractivity contribution in [3.8, 4) is 0 Å². The third kappa shape index (κ3) is 69.8. The fourth-order valence-corrected chi connectivity index (χ4v) is 11.0. The van der Waals surface area contributed by atoms with E-state index in [0.29, 0.717) is 19.3 Å². The van der Waals surface area contributed by atoms with Crippen LogP contribution in [0, 0.1) is 0 Å². The molecule has 0 aromatic heterocycles. The molecular weight excluding hydrogens is 1020 g/mol. The van der Waals surface area contributed by atoms with Crippen LogP contribution < -0.4 is 0 Å². The van der Waals surface area contributed by atoms with Crippen LogP contribution in [0.5, 0.6) is 0 Å². The van der Waals surface area contributed by atoms with Crippen LogP contribution in [0.4, 0.5) is 0 Å². The van der Waals surface area contributed by atoms with Crippen LogP contribution >= 0.6 is 0 Å². The maximum absolute atomic E-state index is 13.0. The second-order valence-corrected chi connectivity index (χ2v) is 24.8. The summed E-state index contributed by atoms with van der Waals surface area (Å²) in [6.45, 7) is 6.56. The van der Waals surface area contributed by atoms with Gasteiger partial charge in [-0.15, -0.1) is 0 Å². The minimum atomic E-state index is -0.785. The Kier molecular flexibility index (Phi) is 69.1. The third-order valence-electron chi connectivity index (χ3n) is 16.5. The molecule has 484 valence electrons. The van der Waals surface area contributed by atoms with Gasteiger partial charge in [-0.25, -0.2) is 0 Å².